The van der Waals surface area contributed by atoms with Crippen LogP contribution in [-0.4, -0.2) is 53.8 Å². The van der Waals surface area contributed by atoms with E-state index in [1.807, 2.05) is 0 Å². The van der Waals surface area contributed by atoms with Gasteiger partial charge in [0, 0.05) is 26.1 Å². The van der Waals surface area contributed by atoms with Crippen LogP contribution in [0.1, 0.15) is 32.6 Å². The number of urea groups is 1. The number of likely N-dealkylation sites (tertiary alicyclic amines) is 1. The van der Waals surface area contributed by atoms with Gasteiger partial charge in [0.2, 0.25) is 0 Å². The maximum Gasteiger partial charge on any atom is 0.332 e. The second-order valence-electron chi connectivity index (χ2n) is 5.51. The van der Waals surface area contributed by atoms with E-state index in [-0.39, 0.29) is 12.6 Å². The van der Waals surface area contributed by atoms with Gasteiger partial charge in [-0.05, 0) is 18.8 Å². The molecule has 0 aromatic heterocycles. The molecule has 19 heavy (non-hydrogen) atoms. The fourth-order valence-electron chi connectivity index (χ4n) is 2.83. The summed E-state index contributed by atoms with van der Waals surface area (Å²) in [6.45, 7) is 4.02. The van der Waals surface area contributed by atoms with E-state index in [0.717, 1.165) is 25.8 Å². The Bertz CT molecular complexity index is 353. The van der Waals surface area contributed by atoms with Gasteiger partial charge in [0.05, 0.1) is 6.61 Å². The Morgan fingerprint density at radius 3 is 2.89 bits per heavy atom. The number of hydrogen-bond acceptors (Lipinski definition) is 3. The summed E-state index contributed by atoms with van der Waals surface area (Å²) in [6, 6.07) is -0.272. The molecule has 108 valence electrons. The molecule has 0 radical (unpaired) electrons. The van der Waals surface area contributed by atoms with Crippen molar-refractivity contribution in [3.05, 3.63) is 0 Å². The zero-order valence-electron chi connectivity index (χ0n) is 11.4. The van der Waals surface area contributed by atoms with E-state index in [1.54, 1.807) is 4.90 Å². The van der Waals surface area contributed by atoms with Crippen LogP contribution in [0.25, 0.3) is 0 Å². The van der Waals surface area contributed by atoms with E-state index < -0.39 is 11.5 Å². The summed E-state index contributed by atoms with van der Waals surface area (Å²) >= 11 is 0. The van der Waals surface area contributed by atoms with E-state index in [2.05, 4.69) is 12.2 Å². The summed E-state index contributed by atoms with van der Waals surface area (Å²) in [6.07, 6.45) is 3.59. The predicted molar refractivity (Wildman–Crippen MR) is 68.9 cm³/mol. The summed E-state index contributed by atoms with van der Waals surface area (Å²) in [5.41, 5.74) is -1.24. The van der Waals surface area contributed by atoms with Gasteiger partial charge < -0.3 is 20.1 Å². The molecule has 2 aliphatic rings. The van der Waals surface area contributed by atoms with Crippen LogP contribution >= 0.6 is 0 Å². The van der Waals surface area contributed by atoms with Crippen molar-refractivity contribution in [1.29, 1.82) is 0 Å². The number of rotatable bonds is 4. The van der Waals surface area contributed by atoms with Crippen molar-refractivity contribution in [1.82, 2.24) is 10.2 Å². The monoisotopic (exact) mass is 270 g/mol. The van der Waals surface area contributed by atoms with Crippen LogP contribution in [0.2, 0.25) is 0 Å². The van der Waals surface area contributed by atoms with Crippen LogP contribution in [0.15, 0.2) is 0 Å². The lowest BCUT2D eigenvalue weighted by atomic mass is 9.99. The highest BCUT2D eigenvalue weighted by Gasteiger charge is 2.45. The van der Waals surface area contributed by atoms with Crippen LogP contribution in [0, 0.1) is 5.92 Å². The van der Waals surface area contributed by atoms with Crippen molar-refractivity contribution in [3.63, 3.8) is 0 Å². The van der Waals surface area contributed by atoms with Crippen LogP contribution in [-0.2, 0) is 9.53 Å². The van der Waals surface area contributed by atoms with Crippen LogP contribution in [0.5, 0.6) is 0 Å². The number of carboxylic acid groups (broad SMARTS) is 1. The molecule has 2 saturated heterocycles. The van der Waals surface area contributed by atoms with Crippen LogP contribution in [0.3, 0.4) is 0 Å². The third-order valence-corrected chi connectivity index (χ3v) is 4.05. The van der Waals surface area contributed by atoms with E-state index in [4.69, 9.17) is 4.74 Å². The summed E-state index contributed by atoms with van der Waals surface area (Å²) < 4.78 is 5.13. The maximum atomic E-state index is 12.2. The molecule has 0 aromatic carbocycles. The fraction of sp³-hybridized carbons (Fsp3) is 0.846. The van der Waals surface area contributed by atoms with Crippen LogP contribution < -0.4 is 5.32 Å². The Morgan fingerprint density at radius 1 is 1.53 bits per heavy atom. The van der Waals surface area contributed by atoms with Gasteiger partial charge in [0.25, 0.3) is 0 Å². The number of carboxylic acids is 1. The summed E-state index contributed by atoms with van der Waals surface area (Å²) in [4.78, 5) is 25.2. The quantitative estimate of drug-likeness (QED) is 0.800. The molecule has 0 spiro atoms. The molecule has 2 aliphatic heterocycles. The number of nitrogens with zero attached hydrogens (tertiary/aromatic N) is 1. The lowest BCUT2D eigenvalue weighted by Gasteiger charge is -2.27. The van der Waals surface area contributed by atoms with Gasteiger partial charge >= 0.3 is 12.0 Å². The zero-order chi connectivity index (χ0) is 13.9. The molecule has 2 heterocycles. The van der Waals surface area contributed by atoms with Gasteiger partial charge in [-0.3, -0.25) is 0 Å². The van der Waals surface area contributed by atoms with Crippen molar-refractivity contribution in [3.8, 4) is 0 Å². The Labute approximate surface area is 113 Å². The Kier molecular flexibility index (Phi) is 4.29. The number of aliphatic carboxylic acids is 1. The highest BCUT2D eigenvalue weighted by molar-refractivity contribution is 5.86. The minimum Gasteiger partial charge on any atom is -0.479 e. The normalized spacial score (nSPS) is 30.6. The molecule has 0 aromatic rings. The first-order valence-electron chi connectivity index (χ1n) is 6.95. The lowest BCUT2D eigenvalue weighted by Crippen LogP contribution is -2.58. The van der Waals surface area contributed by atoms with Gasteiger partial charge in [-0.1, -0.05) is 13.3 Å². The third kappa shape index (κ3) is 3.00. The Balaban J connectivity index is 1.92. The number of hydrogen-bond donors (Lipinski definition) is 2. The topological polar surface area (TPSA) is 78.9 Å². The number of ether oxygens (including phenoxy) is 1. The SMILES string of the molecule is CCCC1CCN(C(=O)NC2(C(=O)O)CCOC2)C1. The molecule has 2 N–H and O–H groups in total. The maximum absolute atomic E-state index is 12.2. The van der Waals surface area contributed by atoms with Crippen molar-refractivity contribution in [2.24, 2.45) is 5.92 Å². The molecular formula is C13H22N2O4. The fourth-order valence-corrected chi connectivity index (χ4v) is 2.83. The number of carbonyl (C=O) groups excluding carboxylic acids is 1. The first-order valence-corrected chi connectivity index (χ1v) is 6.95. The number of amides is 2. The number of nitrogens with one attached hydrogen (secondary N) is 1. The molecule has 2 rings (SSSR count). The van der Waals surface area contributed by atoms with E-state index in [1.165, 1.54) is 0 Å². The van der Waals surface area contributed by atoms with Gasteiger partial charge in [-0.25, -0.2) is 9.59 Å². The summed E-state index contributed by atoms with van der Waals surface area (Å²) in [5.74, 6) is -0.459. The molecule has 0 aliphatic carbocycles. The highest BCUT2D eigenvalue weighted by atomic mass is 16.5. The number of carbonyl (C=O) groups is 2. The van der Waals surface area contributed by atoms with Crippen molar-refractivity contribution < 1.29 is 19.4 Å². The van der Waals surface area contributed by atoms with E-state index in [0.29, 0.717) is 25.5 Å². The first kappa shape index (κ1) is 14.1. The van der Waals surface area contributed by atoms with Gasteiger partial charge in [-0.15, -0.1) is 0 Å². The molecule has 2 atom stereocenters. The molecule has 0 saturated carbocycles. The second-order valence-corrected chi connectivity index (χ2v) is 5.51. The van der Waals surface area contributed by atoms with Gasteiger partial charge in [-0.2, -0.15) is 0 Å². The second kappa shape index (κ2) is 5.77. The summed E-state index contributed by atoms with van der Waals surface area (Å²) in [5, 5.41) is 11.9. The van der Waals surface area contributed by atoms with E-state index in [9.17, 15) is 14.7 Å². The molecule has 0 bridgehead atoms. The van der Waals surface area contributed by atoms with Crippen molar-refractivity contribution in [2.75, 3.05) is 26.3 Å². The van der Waals surface area contributed by atoms with E-state index >= 15 is 0 Å². The average molecular weight is 270 g/mol. The van der Waals surface area contributed by atoms with Gasteiger partial charge in [0.1, 0.15) is 0 Å². The Morgan fingerprint density at radius 2 is 2.32 bits per heavy atom. The smallest absolute Gasteiger partial charge is 0.332 e. The largest absolute Gasteiger partial charge is 0.479 e. The summed E-state index contributed by atoms with van der Waals surface area (Å²) in [7, 11) is 0. The zero-order valence-corrected chi connectivity index (χ0v) is 11.4. The standard InChI is InChI=1S/C13H22N2O4/c1-2-3-10-4-6-15(8-10)12(18)14-13(11(16)17)5-7-19-9-13/h10H,2-9H2,1H3,(H,14,18)(H,16,17). The minimum absolute atomic E-state index is 0.0559. The lowest BCUT2D eigenvalue weighted by molar-refractivity contribution is -0.144. The molecule has 6 heteroatoms. The first-order chi connectivity index (χ1) is 9.07. The average Bonchev–Trinajstić information content (AvgIpc) is 2.99. The van der Waals surface area contributed by atoms with Gasteiger partial charge in [0.15, 0.2) is 5.54 Å². The minimum atomic E-state index is -1.24. The molecule has 2 unspecified atom stereocenters. The predicted octanol–water partition coefficient (Wildman–Crippen LogP) is 1.06. The Hall–Kier alpha value is -1.30. The van der Waals surface area contributed by atoms with Crippen molar-refractivity contribution in [2.45, 2.75) is 38.1 Å². The third-order valence-electron chi connectivity index (χ3n) is 4.05. The molecular weight excluding hydrogens is 248 g/mol. The van der Waals surface area contributed by atoms with Crippen LogP contribution in [0.4, 0.5) is 4.79 Å². The highest BCUT2D eigenvalue weighted by Crippen LogP contribution is 2.23. The molecule has 2 amide bonds. The molecule has 6 nitrogen and oxygen atoms in total. The molecule has 2 fully saturated rings. The van der Waals surface area contributed by atoms with Crippen molar-refractivity contribution >= 4 is 12.0 Å².